The van der Waals surface area contributed by atoms with Crippen molar-refractivity contribution in [2.75, 3.05) is 20.2 Å². The molecule has 2 rings (SSSR count). The van der Waals surface area contributed by atoms with Crippen LogP contribution in [0.4, 0.5) is 0 Å². The van der Waals surface area contributed by atoms with E-state index in [1.54, 1.807) is 7.05 Å². The fraction of sp³-hybridized carbons (Fsp3) is 0.462. The fourth-order valence-electron chi connectivity index (χ4n) is 2.11. The molecule has 104 valence electrons. The molecule has 0 aliphatic heterocycles. The molecule has 1 aromatic carbocycles. The van der Waals surface area contributed by atoms with Gasteiger partial charge in [-0.15, -0.1) is 0 Å². The zero-order valence-corrected chi connectivity index (χ0v) is 11.2. The van der Waals surface area contributed by atoms with Crippen molar-refractivity contribution >= 4 is 11.1 Å². The first-order valence-corrected chi connectivity index (χ1v) is 6.14. The van der Waals surface area contributed by atoms with Crippen molar-refractivity contribution < 1.29 is 9.52 Å². The van der Waals surface area contributed by atoms with Crippen molar-refractivity contribution in [3.63, 3.8) is 0 Å². The van der Waals surface area contributed by atoms with Gasteiger partial charge in [0.05, 0.1) is 12.1 Å². The van der Waals surface area contributed by atoms with Gasteiger partial charge >= 0.3 is 5.76 Å². The minimum atomic E-state index is -0.359. The number of aliphatic hydroxyl groups excluding tert-OH is 1. The number of aliphatic hydroxyl groups is 1. The van der Waals surface area contributed by atoms with Gasteiger partial charge in [-0.25, -0.2) is 4.79 Å². The molecule has 3 N–H and O–H groups in total. The number of aryl methyl sites for hydroxylation is 1. The molecule has 2 aromatic rings. The third kappa shape index (κ3) is 3.04. The number of fused-ring (bicyclic) bond motifs is 1. The Morgan fingerprint density at radius 3 is 2.95 bits per heavy atom. The highest BCUT2D eigenvalue weighted by atomic mass is 16.4. The van der Waals surface area contributed by atoms with Gasteiger partial charge in [0.2, 0.25) is 0 Å². The first-order chi connectivity index (χ1) is 9.01. The normalized spacial score (nSPS) is 13.3. The summed E-state index contributed by atoms with van der Waals surface area (Å²) in [5.74, 6) is -0.359. The molecule has 0 aliphatic carbocycles. The van der Waals surface area contributed by atoms with E-state index in [2.05, 4.69) is 0 Å². The molecule has 1 heterocycles. The molecule has 0 spiro atoms. The highest BCUT2D eigenvalue weighted by Gasteiger charge is 2.09. The van der Waals surface area contributed by atoms with Gasteiger partial charge in [0.15, 0.2) is 5.58 Å². The van der Waals surface area contributed by atoms with E-state index in [0.29, 0.717) is 18.7 Å². The summed E-state index contributed by atoms with van der Waals surface area (Å²) in [7, 11) is 3.61. The van der Waals surface area contributed by atoms with E-state index in [-0.39, 0.29) is 18.4 Å². The molecule has 0 aliphatic rings. The lowest BCUT2D eigenvalue weighted by atomic mass is 10.2. The van der Waals surface area contributed by atoms with Crippen LogP contribution in [-0.4, -0.2) is 40.8 Å². The highest BCUT2D eigenvalue weighted by Crippen LogP contribution is 2.15. The monoisotopic (exact) mass is 265 g/mol. The summed E-state index contributed by atoms with van der Waals surface area (Å²) >= 11 is 0. The van der Waals surface area contributed by atoms with E-state index >= 15 is 0 Å². The molecular weight excluding hydrogens is 246 g/mol. The number of aromatic nitrogens is 1. The Morgan fingerprint density at radius 1 is 1.53 bits per heavy atom. The number of nitrogens with two attached hydrogens (primary N) is 1. The topological polar surface area (TPSA) is 84.6 Å². The summed E-state index contributed by atoms with van der Waals surface area (Å²) in [5.41, 5.74) is 8.09. The van der Waals surface area contributed by atoms with Crippen LogP contribution in [0.2, 0.25) is 0 Å². The SMILES string of the molecule is CN(Cc1ccc2c(c1)oc(=O)n2C)CC(N)CO. The molecule has 6 heteroatoms. The Kier molecular flexibility index (Phi) is 4.04. The van der Waals surface area contributed by atoms with E-state index in [4.69, 9.17) is 15.3 Å². The van der Waals surface area contributed by atoms with Crippen LogP contribution in [0.1, 0.15) is 5.56 Å². The molecule has 1 aromatic heterocycles. The van der Waals surface area contributed by atoms with Crippen LogP contribution in [0.15, 0.2) is 27.4 Å². The molecule has 0 amide bonds. The van der Waals surface area contributed by atoms with Gasteiger partial charge in [-0.1, -0.05) is 6.07 Å². The second kappa shape index (κ2) is 5.56. The van der Waals surface area contributed by atoms with Crippen molar-refractivity contribution in [1.82, 2.24) is 9.47 Å². The van der Waals surface area contributed by atoms with E-state index in [1.165, 1.54) is 4.57 Å². The zero-order valence-electron chi connectivity index (χ0n) is 11.2. The average molecular weight is 265 g/mol. The number of nitrogens with zero attached hydrogens (tertiary/aromatic N) is 2. The lowest BCUT2D eigenvalue weighted by Crippen LogP contribution is -2.37. The number of hydrogen-bond acceptors (Lipinski definition) is 5. The van der Waals surface area contributed by atoms with Crippen LogP contribution < -0.4 is 11.5 Å². The first-order valence-electron chi connectivity index (χ1n) is 6.14. The van der Waals surface area contributed by atoms with Crippen molar-refractivity contribution in [1.29, 1.82) is 0 Å². The van der Waals surface area contributed by atoms with Gasteiger partial charge in [0.25, 0.3) is 0 Å². The number of hydrogen-bond donors (Lipinski definition) is 2. The van der Waals surface area contributed by atoms with Crippen LogP contribution in [0.3, 0.4) is 0 Å². The Bertz CT molecular complexity index is 617. The molecule has 0 radical (unpaired) electrons. The van der Waals surface area contributed by atoms with Crippen molar-refractivity contribution in [2.24, 2.45) is 12.8 Å². The molecule has 0 saturated carbocycles. The van der Waals surface area contributed by atoms with Crippen molar-refractivity contribution in [3.05, 3.63) is 34.3 Å². The Balaban J connectivity index is 2.15. The maximum atomic E-state index is 11.4. The molecule has 0 fully saturated rings. The summed E-state index contributed by atoms with van der Waals surface area (Å²) < 4.78 is 6.62. The van der Waals surface area contributed by atoms with E-state index in [0.717, 1.165) is 11.1 Å². The standard InChI is InChI=1S/C13H19N3O3/c1-15(7-10(14)8-17)6-9-3-4-11-12(5-9)19-13(18)16(11)2/h3-5,10,17H,6-8,14H2,1-2H3. The predicted octanol–water partition coefficient (Wildman–Crippen LogP) is -0.117. The van der Waals surface area contributed by atoms with Gasteiger partial charge in [-0.3, -0.25) is 4.57 Å². The number of benzene rings is 1. The second-order valence-electron chi connectivity index (χ2n) is 4.87. The van der Waals surface area contributed by atoms with Crippen LogP contribution in [0.5, 0.6) is 0 Å². The molecule has 19 heavy (non-hydrogen) atoms. The van der Waals surface area contributed by atoms with Crippen LogP contribution in [0, 0.1) is 0 Å². The quantitative estimate of drug-likeness (QED) is 0.787. The molecule has 0 saturated heterocycles. The predicted molar refractivity (Wildman–Crippen MR) is 72.9 cm³/mol. The summed E-state index contributed by atoms with van der Waals surface area (Å²) in [6, 6.07) is 5.44. The average Bonchev–Trinajstić information content (AvgIpc) is 2.64. The minimum Gasteiger partial charge on any atom is -0.408 e. The fourth-order valence-corrected chi connectivity index (χ4v) is 2.11. The van der Waals surface area contributed by atoms with E-state index < -0.39 is 0 Å². The van der Waals surface area contributed by atoms with Gasteiger partial charge in [-0.05, 0) is 24.7 Å². The van der Waals surface area contributed by atoms with Gasteiger partial charge in [0.1, 0.15) is 0 Å². The smallest absolute Gasteiger partial charge is 0.408 e. The Morgan fingerprint density at radius 2 is 2.26 bits per heavy atom. The van der Waals surface area contributed by atoms with Crippen molar-refractivity contribution in [3.8, 4) is 0 Å². The molecule has 0 bridgehead atoms. The lowest BCUT2D eigenvalue weighted by Gasteiger charge is -2.19. The second-order valence-corrected chi connectivity index (χ2v) is 4.87. The van der Waals surface area contributed by atoms with Crippen LogP contribution >= 0.6 is 0 Å². The number of oxazole rings is 1. The summed E-state index contributed by atoms with van der Waals surface area (Å²) in [6.45, 7) is 1.26. The van der Waals surface area contributed by atoms with Gasteiger partial charge in [-0.2, -0.15) is 0 Å². The Labute approximate surface area is 111 Å². The molecule has 1 atom stereocenters. The van der Waals surface area contributed by atoms with E-state index in [1.807, 2.05) is 30.1 Å². The van der Waals surface area contributed by atoms with Crippen LogP contribution in [-0.2, 0) is 13.6 Å². The van der Waals surface area contributed by atoms with E-state index in [9.17, 15) is 4.79 Å². The molecule has 6 nitrogen and oxygen atoms in total. The maximum absolute atomic E-state index is 11.4. The minimum absolute atomic E-state index is 0.0308. The van der Waals surface area contributed by atoms with Gasteiger partial charge in [0, 0.05) is 26.2 Å². The summed E-state index contributed by atoms with van der Waals surface area (Å²) in [4.78, 5) is 13.4. The van der Waals surface area contributed by atoms with Gasteiger partial charge < -0.3 is 20.2 Å². The van der Waals surface area contributed by atoms with Crippen molar-refractivity contribution in [2.45, 2.75) is 12.6 Å². The summed E-state index contributed by atoms with van der Waals surface area (Å²) in [6.07, 6.45) is 0. The lowest BCUT2D eigenvalue weighted by molar-refractivity contribution is 0.218. The third-order valence-electron chi connectivity index (χ3n) is 3.09. The zero-order chi connectivity index (χ0) is 14.0. The van der Waals surface area contributed by atoms with Crippen LogP contribution in [0.25, 0.3) is 11.1 Å². The summed E-state index contributed by atoms with van der Waals surface area (Å²) in [5, 5.41) is 8.92. The molecular formula is C13H19N3O3. The number of rotatable bonds is 5. The third-order valence-corrected chi connectivity index (χ3v) is 3.09. The maximum Gasteiger partial charge on any atom is 0.419 e. The molecule has 1 unspecified atom stereocenters. The number of likely N-dealkylation sites (N-methyl/N-ethyl adjacent to an activating group) is 1. The first kappa shape index (κ1) is 13.8. The largest absolute Gasteiger partial charge is 0.419 e. The Hall–Kier alpha value is -1.63. The highest BCUT2D eigenvalue weighted by molar-refractivity contribution is 5.73.